The van der Waals surface area contributed by atoms with Crippen LogP contribution in [0.15, 0.2) is 11.6 Å². The summed E-state index contributed by atoms with van der Waals surface area (Å²) < 4.78 is 15.3. The smallest absolute Gasteiger partial charge is 0.341 e. The lowest BCUT2D eigenvalue weighted by Gasteiger charge is -2.18. The van der Waals surface area contributed by atoms with Gasteiger partial charge in [-0.25, -0.2) is 4.79 Å². The van der Waals surface area contributed by atoms with Crippen molar-refractivity contribution < 1.29 is 28.6 Å². The fourth-order valence-electron chi connectivity index (χ4n) is 3.05. The molecule has 0 radical (unpaired) electrons. The van der Waals surface area contributed by atoms with Crippen molar-refractivity contribution in [1.82, 2.24) is 0 Å². The molecule has 0 spiro atoms. The summed E-state index contributed by atoms with van der Waals surface area (Å²) in [7, 11) is 2.91. The highest BCUT2D eigenvalue weighted by Gasteiger charge is 2.31. The molecule has 7 heteroatoms. The van der Waals surface area contributed by atoms with Gasteiger partial charge in [0.2, 0.25) is 6.41 Å². The van der Waals surface area contributed by atoms with Crippen molar-refractivity contribution in [2.45, 2.75) is 39.7 Å². The maximum absolute atomic E-state index is 12.1. The first-order valence-electron chi connectivity index (χ1n) is 8.26. The molecule has 1 amide bonds. The molecule has 0 unspecified atom stereocenters. The minimum Gasteiger partial charge on any atom is -0.496 e. The van der Waals surface area contributed by atoms with Crippen LogP contribution in [-0.2, 0) is 32.1 Å². The predicted octanol–water partition coefficient (Wildman–Crippen LogP) is 2.68. The van der Waals surface area contributed by atoms with Gasteiger partial charge in [0.25, 0.3) is 0 Å². The normalized spacial score (nSPS) is 13.1. The van der Waals surface area contributed by atoms with Crippen LogP contribution in [0.3, 0.4) is 0 Å². The fourth-order valence-corrected chi connectivity index (χ4v) is 3.05. The zero-order valence-electron chi connectivity index (χ0n) is 15.4. The summed E-state index contributed by atoms with van der Waals surface area (Å²) in [5, 5.41) is 2.63. The van der Waals surface area contributed by atoms with Crippen LogP contribution >= 0.6 is 0 Å². The molecule has 140 valence electrons. The highest BCUT2D eigenvalue weighted by molar-refractivity contribution is 6.03. The van der Waals surface area contributed by atoms with E-state index < -0.39 is 5.97 Å². The number of hydrogen-bond donors (Lipinski definition) is 1. The number of rotatable bonds is 8. The van der Waals surface area contributed by atoms with Crippen LogP contribution in [0.25, 0.3) is 0 Å². The van der Waals surface area contributed by atoms with Crippen LogP contribution in [0.5, 0.6) is 5.75 Å². The number of esters is 2. The molecule has 0 atom stereocenters. The van der Waals surface area contributed by atoms with Gasteiger partial charge in [-0.05, 0) is 32.3 Å². The van der Waals surface area contributed by atoms with Crippen LogP contribution in [0, 0.1) is 6.92 Å². The Labute approximate surface area is 152 Å². The number of cyclic esters (lactones) is 1. The van der Waals surface area contributed by atoms with Crippen molar-refractivity contribution in [1.29, 1.82) is 0 Å². The molecule has 1 aromatic carbocycles. The zero-order valence-corrected chi connectivity index (χ0v) is 15.4. The lowest BCUT2D eigenvalue weighted by Crippen LogP contribution is -2.10. The Morgan fingerprint density at radius 2 is 2.04 bits per heavy atom. The highest BCUT2D eigenvalue weighted by Crippen LogP contribution is 2.41. The fraction of sp³-hybridized carbons (Fsp3) is 0.421. The topological polar surface area (TPSA) is 90.9 Å². The molecule has 0 fully saturated rings. The summed E-state index contributed by atoms with van der Waals surface area (Å²) in [5.41, 5.74) is 4.04. The quantitative estimate of drug-likeness (QED) is 0.435. The van der Waals surface area contributed by atoms with E-state index in [-0.39, 0.29) is 12.6 Å². The summed E-state index contributed by atoms with van der Waals surface area (Å²) in [6.07, 6.45) is 3.78. The van der Waals surface area contributed by atoms with Gasteiger partial charge in [-0.15, -0.1) is 0 Å². The van der Waals surface area contributed by atoms with Crippen molar-refractivity contribution in [2.75, 3.05) is 19.5 Å². The Morgan fingerprint density at radius 3 is 2.65 bits per heavy atom. The number of methoxy groups -OCH3 is 2. The van der Waals surface area contributed by atoms with E-state index in [0.29, 0.717) is 48.2 Å². The van der Waals surface area contributed by atoms with Gasteiger partial charge in [-0.2, -0.15) is 0 Å². The second-order valence-corrected chi connectivity index (χ2v) is 6.03. The maximum Gasteiger partial charge on any atom is 0.341 e. The molecule has 1 aliphatic rings. The Hall–Kier alpha value is -2.83. The van der Waals surface area contributed by atoms with E-state index >= 15 is 0 Å². The molecule has 1 aromatic rings. The number of allylic oxidation sites excluding steroid dienone is 2. The second-order valence-electron chi connectivity index (χ2n) is 6.03. The molecule has 0 aliphatic carbocycles. The average Bonchev–Trinajstić information content (AvgIpc) is 3.02. The number of ether oxygens (including phenoxy) is 3. The van der Waals surface area contributed by atoms with Crippen molar-refractivity contribution in [3.8, 4) is 5.75 Å². The number of nitrogens with one attached hydrogen (secondary N) is 1. The van der Waals surface area contributed by atoms with Crippen LogP contribution in [0.2, 0.25) is 0 Å². The Balaban J connectivity index is 2.42. The molecule has 7 nitrogen and oxygen atoms in total. The third-order valence-electron chi connectivity index (χ3n) is 4.49. The molecule has 0 bridgehead atoms. The SMILES string of the molecule is COC(=O)CCC(C)=CCc1c(NC=O)c2c(c(C)c1OC)COC2=O. The van der Waals surface area contributed by atoms with Gasteiger partial charge in [0.15, 0.2) is 0 Å². The third-order valence-corrected chi connectivity index (χ3v) is 4.49. The van der Waals surface area contributed by atoms with Crippen LogP contribution in [0.4, 0.5) is 5.69 Å². The Bertz CT molecular complexity index is 766. The van der Waals surface area contributed by atoms with Crippen molar-refractivity contribution in [3.63, 3.8) is 0 Å². The number of carbonyl (C=O) groups excluding carboxylic acids is 3. The van der Waals surface area contributed by atoms with Gasteiger partial charge < -0.3 is 19.5 Å². The minimum absolute atomic E-state index is 0.165. The third kappa shape index (κ3) is 3.87. The first-order valence-corrected chi connectivity index (χ1v) is 8.26. The first-order chi connectivity index (χ1) is 12.4. The zero-order chi connectivity index (χ0) is 19.3. The van der Waals surface area contributed by atoms with Gasteiger partial charge >= 0.3 is 11.9 Å². The van der Waals surface area contributed by atoms with E-state index in [4.69, 9.17) is 9.47 Å². The largest absolute Gasteiger partial charge is 0.496 e. The van der Waals surface area contributed by atoms with Gasteiger partial charge in [-0.3, -0.25) is 9.59 Å². The molecule has 0 aromatic heterocycles. The van der Waals surface area contributed by atoms with E-state index in [9.17, 15) is 14.4 Å². The van der Waals surface area contributed by atoms with Crippen molar-refractivity contribution in [2.24, 2.45) is 0 Å². The standard InChI is InChI=1S/C19H23NO6/c1-11(6-8-15(22)24-3)5-7-13-17(20-10-21)16-14(9-26-19(16)23)12(2)18(13)25-4/h5,10H,6-9H2,1-4H3,(H,20,21). The molecule has 1 aliphatic heterocycles. The molecule has 26 heavy (non-hydrogen) atoms. The van der Waals surface area contributed by atoms with Crippen molar-refractivity contribution >= 4 is 24.0 Å². The van der Waals surface area contributed by atoms with E-state index in [1.165, 1.54) is 7.11 Å². The molecular formula is C19H23NO6. The highest BCUT2D eigenvalue weighted by atomic mass is 16.5. The molecular weight excluding hydrogens is 338 g/mol. The average molecular weight is 361 g/mol. The van der Waals surface area contributed by atoms with E-state index in [2.05, 4.69) is 10.1 Å². The van der Waals surface area contributed by atoms with Gasteiger partial charge in [-0.1, -0.05) is 11.6 Å². The number of hydrogen-bond acceptors (Lipinski definition) is 6. The number of benzene rings is 1. The number of amides is 1. The first kappa shape index (κ1) is 19.5. The maximum atomic E-state index is 12.1. The summed E-state index contributed by atoms with van der Waals surface area (Å²) in [4.78, 5) is 34.5. The molecule has 1 heterocycles. The van der Waals surface area contributed by atoms with Gasteiger partial charge in [0.05, 0.1) is 25.5 Å². The molecule has 0 saturated carbocycles. The summed E-state index contributed by atoms with van der Waals surface area (Å²) in [5.74, 6) is -0.110. The second kappa shape index (κ2) is 8.51. The molecule has 0 saturated heterocycles. The monoisotopic (exact) mass is 361 g/mol. The minimum atomic E-state index is -0.456. The molecule has 1 N–H and O–H groups in total. The molecule has 2 rings (SSSR count). The van der Waals surface area contributed by atoms with E-state index in [1.54, 1.807) is 7.11 Å². The Morgan fingerprint density at radius 1 is 1.31 bits per heavy atom. The number of carbonyl (C=O) groups is 3. The van der Waals surface area contributed by atoms with E-state index in [0.717, 1.165) is 16.7 Å². The lowest BCUT2D eigenvalue weighted by molar-refractivity contribution is -0.140. The number of anilines is 1. The summed E-state index contributed by atoms with van der Waals surface area (Å²) in [6.45, 7) is 3.94. The van der Waals surface area contributed by atoms with Crippen molar-refractivity contribution in [3.05, 3.63) is 33.9 Å². The number of fused-ring (bicyclic) bond motifs is 1. The predicted molar refractivity (Wildman–Crippen MR) is 95.2 cm³/mol. The lowest BCUT2D eigenvalue weighted by atomic mass is 9.93. The summed E-state index contributed by atoms with van der Waals surface area (Å²) >= 11 is 0. The van der Waals surface area contributed by atoms with Crippen LogP contribution in [0.1, 0.15) is 46.8 Å². The van der Waals surface area contributed by atoms with Crippen LogP contribution < -0.4 is 10.1 Å². The van der Waals surface area contributed by atoms with Crippen LogP contribution in [-0.4, -0.2) is 32.6 Å². The van der Waals surface area contributed by atoms with E-state index in [1.807, 2.05) is 19.9 Å². The summed E-state index contributed by atoms with van der Waals surface area (Å²) in [6, 6.07) is 0. The Kier molecular flexibility index (Phi) is 6.38. The van der Waals surface area contributed by atoms with Gasteiger partial charge in [0.1, 0.15) is 12.4 Å². The van der Waals surface area contributed by atoms with Gasteiger partial charge in [0, 0.05) is 17.5 Å².